The molecular weight excluding hydrogens is 470 g/mol. The van der Waals surface area contributed by atoms with Gasteiger partial charge >= 0.3 is 6.09 Å². The maximum atomic E-state index is 12.4. The number of aromatic amines is 1. The fourth-order valence-electron chi connectivity index (χ4n) is 4.20. The van der Waals surface area contributed by atoms with Gasteiger partial charge < -0.3 is 19.7 Å². The Kier molecular flexibility index (Phi) is 7.16. The first kappa shape index (κ1) is 24.8. The molecule has 1 aliphatic heterocycles. The Morgan fingerprint density at radius 3 is 2.69 bits per heavy atom. The van der Waals surface area contributed by atoms with E-state index in [1.807, 2.05) is 45.9 Å². The highest BCUT2D eigenvalue weighted by Crippen LogP contribution is 2.36. The largest absolute Gasteiger partial charge is 0.492 e. The smallest absolute Gasteiger partial charge is 0.410 e. The number of H-pyrrole nitrogens is 1. The van der Waals surface area contributed by atoms with Crippen molar-refractivity contribution in [3.8, 4) is 5.75 Å². The summed E-state index contributed by atoms with van der Waals surface area (Å²) in [5, 5.41) is 10.7. The summed E-state index contributed by atoms with van der Waals surface area (Å²) >= 11 is 6.18. The predicted molar refractivity (Wildman–Crippen MR) is 136 cm³/mol. The number of fused-ring (bicyclic) bond motifs is 1. The number of pyridine rings is 1. The molecule has 0 radical (unpaired) electrons. The lowest BCUT2D eigenvalue weighted by molar-refractivity contribution is 0.0205. The van der Waals surface area contributed by atoms with Crippen molar-refractivity contribution in [1.29, 1.82) is 0 Å². The zero-order valence-electron chi connectivity index (χ0n) is 20.4. The summed E-state index contributed by atoms with van der Waals surface area (Å²) in [5.41, 5.74) is 0.941. The van der Waals surface area contributed by atoms with Crippen molar-refractivity contribution < 1.29 is 14.3 Å². The number of nitrogens with one attached hydrogen (secondary N) is 2. The van der Waals surface area contributed by atoms with Crippen LogP contribution in [0.25, 0.3) is 10.8 Å². The summed E-state index contributed by atoms with van der Waals surface area (Å²) in [6.07, 6.45) is 2.93. The maximum absolute atomic E-state index is 12.4. The highest BCUT2D eigenvalue weighted by atomic mass is 35.5. The van der Waals surface area contributed by atoms with E-state index in [9.17, 15) is 9.59 Å². The molecule has 3 aromatic rings. The average Bonchev–Trinajstić information content (AvgIpc) is 2.79. The quantitative estimate of drug-likeness (QED) is 0.462. The van der Waals surface area contributed by atoms with Crippen molar-refractivity contribution in [1.82, 2.24) is 20.1 Å². The van der Waals surface area contributed by atoms with E-state index in [-0.39, 0.29) is 16.8 Å². The van der Waals surface area contributed by atoms with E-state index >= 15 is 0 Å². The van der Waals surface area contributed by atoms with Crippen LogP contribution in [0.5, 0.6) is 5.75 Å². The molecule has 1 fully saturated rings. The highest BCUT2D eigenvalue weighted by Gasteiger charge is 2.28. The van der Waals surface area contributed by atoms with Gasteiger partial charge in [-0.3, -0.25) is 4.79 Å². The Bertz CT molecular complexity index is 1280. The van der Waals surface area contributed by atoms with Crippen molar-refractivity contribution in [3.63, 3.8) is 0 Å². The first-order chi connectivity index (χ1) is 16.6. The number of rotatable bonds is 5. The van der Waals surface area contributed by atoms with Gasteiger partial charge in [-0.05, 0) is 70.2 Å². The number of carbonyl (C=O) groups is 1. The molecule has 1 aliphatic rings. The molecule has 3 heterocycles. The molecule has 10 heteroatoms. The van der Waals surface area contributed by atoms with Crippen molar-refractivity contribution in [2.45, 2.75) is 52.1 Å². The van der Waals surface area contributed by atoms with E-state index in [1.165, 1.54) is 6.20 Å². The Morgan fingerprint density at radius 2 is 2.00 bits per heavy atom. The minimum Gasteiger partial charge on any atom is -0.492 e. The van der Waals surface area contributed by atoms with Crippen LogP contribution in [0.4, 0.5) is 16.3 Å². The molecule has 0 bridgehead atoms. The van der Waals surface area contributed by atoms with E-state index in [4.69, 9.17) is 21.1 Å². The summed E-state index contributed by atoms with van der Waals surface area (Å²) in [7, 11) is 0. The number of amides is 1. The predicted octanol–water partition coefficient (Wildman–Crippen LogP) is 5.23. The Hall–Kier alpha value is -3.33. The molecule has 1 saturated heterocycles. The molecule has 0 aliphatic carbocycles. The number of carbonyl (C=O) groups excluding carboxylic acids is 1. The molecule has 0 atom stereocenters. The summed E-state index contributed by atoms with van der Waals surface area (Å²) in [5.74, 6) is 1.27. The van der Waals surface area contributed by atoms with Crippen LogP contribution in [0.2, 0.25) is 5.15 Å². The lowest BCUT2D eigenvalue weighted by atomic mass is 9.89. The molecular formula is C25H30ClN5O4. The number of likely N-dealkylation sites (tertiary alicyclic amines) is 1. The van der Waals surface area contributed by atoms with Crippen LogP contribution < -0.4 is 15.6 Å². The topological polar surface area (TPSA) is 109 Å². The minimum absolute atomic E-state index is 0.249. The van der Waals surface area contributed by atoms with Crippen molar-refractivity contribution in [2.75, 3.05) is 25.0 Å². The van der Waals surface area contributed by atoms with Crippen LogP contribution in [0.15, 0.2) is 35.3 Å². The van der Waals surface area contributed by atoms with Gasteiger partial charge in [-0.25, -0.2) is 14.9 Å². The average molecular weight is 500 g/mol. The number of aromatic nitrogens is 3. The molecule has 2 aromatic heterocycles. The van der Waals surface area contributed by atoms with Crippen LogP contribution in [0.3, 0.4) is 0 Å². The second-order valence-electron chi connectivity index (χ2n) is 9.51. The summed E-state index contributed by atoms with van der Waals surface area (Å²) in [4.78, 5) is 30.9. The van der Waals surface area contributed by atoms with Crippen molar-refractivity contribution in [3.05, 3.63) is 51.5 Å². The zero-order chi connectivity index (χ0) is 25.2. The number of hydrogen-bond acceptors (Lipinski definition) is 7. The summed E-state index contributed by atoms with van der Waals surface area (Å²) in [6.45, 7) is 9.28. The summed E-state index contributed by atoms with van der Waals surface area (Å²) in [6, 6.07) is 7.57. The van der Waals surface area contributed by atoms with Gasteiger partial charge in [-0.2, -0.15) is 5.10 Å². The van der Waals surface area contributed by atoms with Crippen LogP contribution in [-0.2, 0) is 4.74 Å². The van der Waals surface area contributed by atoms with Gasteiger partial charge in [0.2, 0.25) is 0 Å². The molecule has 4 rings (SSSR count). The monoisotopic (exact) mass is 499 g/mol. The maximum Gasteiger partial charge on any atom is 0.410 e. The van der Waals surface area contributed by atoms with Crippen molar-refractivity contribution >= 4 is 40.0 Å². The molecule has 2 N–H and O–H groups in total. The van der Waals surface area contributed by atoms with Gasteiger partial charge in [0.25, 0.3) is 5.56 Å². The van der Waals surface area contributed by atoms with Crippen LogP contribution in [0.1, 0.15) is 52.0 Å². The standard InChI is InChI=1S/C25H30ClN5O4/c1-5-34-19-12-16(15-8-10-31(11-9-15)24(33)35-25(2,3)4)6-7-18(19)28-22-21-17(13-20(26)29-22)14-27-30-23(21)32/h6-7,12-15H,5,8-11H2,1-4H3,(H,28,29)(H,30,32). The molecule has 1 amide bonds. The van der Waals surface area contributed by atoms with Crippen molar-refractivity contribution in [2.24, 2.45) is 0 Å². The van der Waals surface area contributed by atoms with E-state index < -0.39 is 5.60 Å². The number of ether oxygens (including phenoxy) is 2. The normalized spacial score (nSPS) is 14.7. The van der Waals surface area contributed by atoms with E-state index in [2.05, 4.69) is 20.5 Å². The lowest BCUT2D eigenvalue weighted by Gasteiger charge is -2.33. The lowest BCUT2D eigenvalue weighted by Crippen LogP contribution is -2.41. The molecule has 0 spiro atoms. The molecule has 9 nitrogen and oxygen atoms in total. The number of anilines is 2. The second kappa shape index (κ2) is 10.1. The van der Waals surface area contributed by atoms with Gasteiger partial charge in [-0.1, -0.05) is 17.7 Å². The molecule has 0 unspecified atom stereocenters. The zero-order valence-corrected chi connectivity index (χ0v) is 21.1. The summed E-state index contributed by atoms with van der Waals surface area (Å²) < 4.78 is 11.4. The minimum atomic E-state index is -0.506. The third-order valence-corrected chi connectivity index (χ3v) is 5.99. The van der Waals surface area contributed by atoms with E-state index in [0.29, 0.717) is 53.6 Å². The van der Waals surface area contributed by atoms with Crippen LogP contribution in [-0.4, -0.2) is 51.5 Å². The SMILES string of the molecule is CCOc1cc(C2CCN(C(=O)OC(C)(C)C)CC2)ccc1Nc1nc(Cl)cc2cn[nH]c(=O)c12. The number of nitrogens with zero attached hydrogens (tertiary/aromatic N) is 3. The van der Waals surface area contributed by atoms with Gasteiger partial charge in [0.1, 0.15) is 22.3 Å². The van der Waals surface area contributed by atoms with Crippen LogP contribution >= 0.6 is 11.6 Å². The Labute approximate surface area is 208 Å². The fraction of sp³-hybridized carbons (Fsp3) is 0.440. The van der Waals surface area contributed by atoms with Gasteiger partial charge in [0.05, 0.1) is 23.9 Å². The number of benzene rings is 1. The van der Waals surface area contributed by atoms with E-state index in [1.54, 1.807) is 11.0 Å². The second-order valence-corrected chi connectivity index (χ2v) is 9.90. The van der Waals surface area contributed by atoms with E-state index in [0.717, 1.165) is 18.4 Å². The first-order valence-electron chi connectivity index (χ1n) is 11.7. The fourth-order valence-corrected chi connectivity index (χ4v) is 4.40. The van der Waals surface area contributed by atoms with Crippen LogP contribution in [0, 0.1) is 0 Å². The van der Waals surface area contributed by atoms with Gasteiger partial charge in [-0.15, -0.1) is 0 Å². The first-order valence-corrected chi connectivity index (χ1v) is 12.1. The molecule has 1 aromatic carbocycles. The third-order valence-electron chi connectivity index (χ3n) is 5.79. The number of piperidine rings is 1. The Morgan fingerprint density at radius 1 is 1.26 bits per heavy atom. The number of halogens is 1. The molecule has 35 heavy (non-hydrogen) atoms. The third kappa shape index (κ3) is 5.85. The Balaban J connectivity index is 1.55. The molecule has 186 valence electrons. The highest BCUT2D eigenvalue weighted by molar-refractivity contribution is 6.30. The molecule has 0 saturated carbocycles. The van der Waals surface area contributed by atoms with Gasteiger partial charge in [0.15, 0.2) is 0 Å². The van der Waals surface area contributed by atoms with Gasteiger partial charge in [0, 0.05) is 18.5 Å². The number of hydrogen-bond donors (Lipinski definition) is 2.